The van der Waals surface area contributed by atoms with Crippen LogP contribution in [0.15, 0.2) is 24.3 Å². The summed E-state index contributed by atoms with van der Waals surface area (Å²) in [5, 5.41) is 5.71. The van der Waals surface area contributed by atoms with Crippen molar-refractivity contribution >= 4 is 11.8 Å². The molecule has 2 amide bonds. The van der Waals surface area contributed by atoms with Crippen LogP contribution in [0.1, 0.15) is 45.6 Å². The van der Waals surface area contributed by atoms with Crippen LogP contribution in [0.5, 0.6) is 5.75 Å². The third-order valence-electron chi connectivity index (χ3n) is 5.33. The van der Waals surface area contributed by atoms with Crippen LogP contribution >= 0.6 is 0 Å². The SMILES string of the molecule is CCOc1ccc(C2(CNC(=O)CNC(=O)C(C)CC)CCOCC2)cc1. The van der Waals surface area contributed by atoms with Crippen molar-refractivity contribution < 1.29 is 19.1 Å². The van der Waals surface area contributed by atoms with E-state index in [1.54, 1.807) is 0 Å². The van der Waals surface area contributed by atoms with E-state index in [2.05, 4.69) is 22.8 Å². The summed E-state index contributed by atoms with van der Waals surface area (Å²) in [6, 6.07) is 8.11. The Bertz CT molecular complexity index is 609. The monoisotopic (exact) mass is 376 g/mol. The van der Waals surface area contributed by atoms with Gasteiger partial charge in [-0.25, -0.2) is 0 Å². The molecular formula is C21H32N2O4. The summed E-state index contributed by atoms with van der Waals surface area (Å²) < 4.78 is 11.1. The molecule has 1 atom stereocenters. The van der Waals surface area contributed by atoms with Crippen LogP contribution in [-0.2, 0) is 19.7 Å². The van der Waals surface area contributed by atoms with Gasteiger partial charge in [0.2, 0.25) is 11.8 Å². The Hall–Kier alpha value is -2.08. The molecule has 1 aliphatic heterocycles. The molecule has 2 N–H and O–H groups in total. The van der Waals surface area contributed by atoms with Gasteiger partial charge in [-0.1, -0.05) is 26.0 Å². The van der Waals surface area contributed by atoms with Gasteiger partial charge in [0.1, 0.15) is 5.75 Å². The van der Waals surface area contributed by atoms with E-state index >= 15 is 0 Å². The van der Waals surface area contributed by atoms with Gasteiger partial charge in [-0.2, -0.15) is 0 Å². The average molecular weight is 376 g/mol. The fourth-order valence-electron chi connectivity index (χ4n) is 3.26. The Labute approximate surface area is 162 Å². The largest absolute Gasteiger partial charge is 0.494 e. The third-order valence-corrected chi connectivity index (χ3v) is 5.33. The number of ether oxygens (including phenoxy) is 2. The lowest BCUT2D eigenvalue weighted by Gasteiger charge is -2.38. The lowest BCUT2D eigenvalue weighted by Crippen LogP contribution is -2.47. The first-order valence-electron chi connectivity index (χ1n) is 9.86. The normalized spacial score (nSPS) is 17.0. The molecule has 6 nitrogen and oxygen atoms in total. The second-order valence-electron chi connectivity index (χ2n) is 7.15. The molecule has 2 rings (SSSR count). The number of rotatable bonds is 9. The fraction of sp³-hybridized carbons (Fsp3) is 0.619. The van der Waals surface area contributed by atoms with E-state index in [0.717, 1.165) is 25.0 Å². The highest BCUT2D eigenvalue weighted by molar-refractivity contribution is 5.85. The van der Waals surface area contributed by atoms with Gasteiger partial charge in [0.15, 0.2) is 0 Å². The van der Waals surface area contributed by atoms with Gasteiger partial charge in [-0.05, 0) is 43.9 Å². The van der Waals surface area contributed by atoms with Crippen LogP contribution in [0.4, 0.5) is 0 Å². The molecule has 1 aromatic carbocycles. The zero-order valence-electron chi connectivity index (χ0n) is 16.7. The molecule has 1 fully saturated rings. The molecule has 0 spiro atoms. The first kappa shape index (κ1) is 21.2. The van der Waals surface area contributed by atoms with Crippen LogP contribution in [0, 0.1) is 5.92 Å². The maximum absolute atomic E-state index is 12.2. The zero-order valence-corrected chi connectivity index (χ0v) is 16.7. The lowest BCUT2D eigenvalue weighted by molar-refractivity contribution is -0.128. The molecule has 27 heavy (non-hydrogen) atoms. The van der Waals surface area contributed by atoms with Crippen LogP contribution in [0.25, 0.3) is 0 Å². The van der Waals surface area contributed by atoms with Crippen molar-refractivity contribution in [3.05, 3.63) is 29.8 Å². The summed E-state index contributed by atoms with van der Waals surface area (Å²) in [7, 11) is 0. The fourth-order valence-corrected chi connectivity index (χ4v) is 3.26. The van der Waals surface area contributed by atoms with E-state index < -0.39 is 0 Å². The molecule has 6 heteroatoms. The average Bonchev–Trinajstić information content (AvgIpc) is 2.71. The number of amides is 2. The predicted octanol–water partition coefficient (Wildman–Crippen LogP) is 2.41. The van der Waals surface area contributed by atoms with Gasteiger partial charge in [0.25, 0.3) is 0 Å². The highest BCUT2D eigenvalue weighted by Gasteiger charge is 2.34. The molecule has 0 aromatic heterocycles. The van der Waals surface area contributed by atoms with Crippen molar-refractivity contribution in [2.75, 3.05) is 32.9 Å². The molecule has 1 saturated heterocycles. The zero-order chi connectivity index (χ0) is 19.7. The van der Waals surface area contributed by atoms with Crippen molar-refractivity contribution in [2.24, 2.45) is 5.92 Å². The van der Waals surface area contributed by atoms with Crippen molar-refractivity contribution in [1.29, 1.82) is 0 Å². The quantitative estimate of drug-likeness (QED) is 0.694. The van der Waals surface area contributed by atoms with Crippen molar-refractivity contribution in [2.45, 2.75) is 45.4 Å². The molecule has 0 saturated carbocycles. The topological polar surface area (TPSA) is 76.7 Å². The highest BCUT2D eigenvalue weighted by Crippen LogP contribution is 2.35. The van der Waals surface area contributed by atoms with Gasteiger partial charge in [0.05, 0.1) is 13.2 Å². The predicted molar refractivity (Wildman–Crippen MR) is 105 cm³/mol. The van der Waals surface area contributed by atoms with Crippen molar-refractivity contribution in [3.63, 3.8) is 0 Å². The smallest absolute Gasteiger partial charge is 0.239 e. The summed E-state index contributed by atoms with van der Waals surface area (Å²) in [5.74, 6) is 0.521. The minimum atomic E-state index is -0.163. The summed E-state index contributed by atoms with van der Waals surface area (Å²) in [5.41, 5.74) is 1.03. The molecular weight excluding hydrogens is 344 g/mol. The van der Waals surface area contributed by atoms with Crippen LogP contribution in [0.2, 0.25) is 0 Å². The third kappa shape index (κ3) is 5.96. The minimum Gasteiger partial charge on any atom is -0.494 e. The van der Waals surface area contributed by atoms with Gasteiger partial charge in [-0.3, -0.25) is 9.59 Å². The summed E-state index contributed by atoms with van der Waals surface area (Å²) in [4.78, 5) is 24.1. The van der Waals surface area contributed by atoms with Crippen LogP contribution in [0.3, 0.4) is 0 Å². The van der Waals surface area contributed by atoms with E-state index in [1.165, 1.54) is 5.56 Å². The Kier molecular flexibility index (Phi) is 8.10. The Morgan fingerprint density at radius 3 is 2.41 bits per heavy atom. The van der Waals surface area contributed by atoms with E-state index in [1.807, 2.05) is 32.9 Å². The number of hydrogen-bond donors (Lipinski definition) is 2. The molecule has 0 aliphatic carbocycles. The summed E-state index contributed by atoms with van der Waals surface area (Å²) in [6.07, 6.45) is 2.45. The molecule has 1 heterocycles. The first-order valence-corrected chi connectivity index (χ1v) is 9.86. The molecule has 1 aromatic rings. The number of benzene rings is 1. The second-order valence-corrected chi connectivity index (χ2v) is 7.15. The summed E-state index contributed by atoms with van der Waals surface area (Å²) >= 11 is 0. The van der Waals surface area contributed by atoms with Crippen molar-refractivity contribution in [3.8, 4) is 5.75 Å². The molecule has 150 valence electrons. The standard InChI is InChI=1S/C21H32N2O4/c1-4-16(3)20(25)22-14-19(24)23-15-21(10-12-26-13-11-21)17-6-8-18(9-7-17)27-5-2/h6-9,16H,4-5,10-15H2,1-3H3,(H,22,25)(H,23,24). The lowest BCUT2D eigenvalue weighted by atomic mass is 9.74. The van der Waals surface area contributed by atoms with Gasteiger partial charge in [0, 0.05) is 31.1 Å². The molecule has 0 radical (unpaired) electrons. The maximum Gasteiger partial charge on any atom is 0.239 e. The van der Waals surface area contributed by atoms with E-state index in [0.29, 0.717) is 26.4 Å². The maximum atomic E-state index is 12.2. The van der Waals surface area contributed by atoms with E-state index in [4.69, 9.17) is 9.47 Å². The molecule has 1 aliphatic rings. The number of carbonyl (C=O) groups is 2. The van der Waals surface area contributed by atoms with E-state index in [9.17, 15) is 9.59 Å². The number of nitrogens with one attached hydrogen (secondary N) is 2. The van der Waals surface area contributed by atoms with Gasteiger partial charge >= 0.3 is 0 Å². The van der Waals surface area contributed by atoms with E-state index in [-0.39, 0.29) is 29.7 Å². The van der Waals surface area contributed by atoms with Gasteiger partial charge < -0.3 is 20.1 Å². The second kappa shape index (κ2) is 10.3. The minimum absolute atomic E-state index is 0.0129. The Morgan fingerprint density at radius 2 is 1.81 bits per heavy atom. The Morgan fingerprint density at radius 1 is 1.15 bits per heavy atom. The number of hydrogen-bond acceptors (Lipinski definition) is 4. The highest BCUT2D eigenvalue weighted by atomic mass is 16.5. The van der Waals surface area contributed by atoms with Crippen LogP contribution < -0.4 is 15.4 Å². The van der Waals surface area contributed by atoms with Crippen molar-refractivity contribution in [1.82, 2.24) is 10.6 Å². The first-order chi connectivity index (χ1) is 13.0. The molecule has 1 unspecified atom stereocenters. The summed E-state index contributed by atoms with van der Waals surface area (Å²) in [6.45, 7) is 8.30. The van der Waals surface area contributed by atoms with Crippen LogP contribution in [-0.4, -0.2) is 44.7 Å². The number of carbonyl (C=O) groups excluding carboxylic acids is 2. The van der Waals surface area contributed by atoms with Gasteiger partial charge in [-0.15, -0.1) is 0 Å². The Balaban J connectivity index is 1.97. The molecule has 0 bridgehead atoms.